The third-order valence-corrected chi connectivity index (χ3v) is 4.81. The summed E-state index contributed by atoms with van der Waals surface area (Å²) in [6.07, 6.45) is 5.48. The highest BCUT2D eigenvalue weighted by Crippen LogP contribution is 2.22. The number of hydrogen-bond donors (Lipinski definition) is 1. The Hall–Kier alpha value is -1.73. The zero-order valence-corrected chi connectivity index (χ0v) is 13.6. The number of nitrogens with one attached hydrogen (secondary N) is 1. The van der Waals surface area contributed by atoms with Crippen LogP contribution in [0.5, 0.6) is 0 Å². The monoisotopic (exact) mass is 319 g/mol. The number of rotatable bonds is 5. The van der Waals surface area contributed by atoms with Crippen molar-refractivity contribution in [2.75, 3.05) is 18.0 Å². The predicted molar refractivity (Wildman–Crippen MR) is 88.3 cm³/mol. The Labute approximate surface area is 133 Å². The normalized spacial score (nSPS) is 18.6. The van der Waals surface area contributed by atoms with Crippen LogP contribution in [0.2, 0.25) is 0 Å². The summed E-state index contributed by atoms with van der Waals surface area (Å²) in [4.78, 5) is 19.2. The summed E-state index contributed by atoms with van der Waals surface area (Å²) in [5, 5.41) is 7.91. The molecule has 0 aromatic carbocycles. The Balaban J connectivity index is 1.65. The molecule has 22 heavy (non-hydrogen) atoms. The molecule has 6 nitrogen and oxygen atoms in total. The molecule has 2 aromatic heterocycles. The first-order valence-electron chi connectivity index (χ1n) is 7.63. The van der Waals surface area contributed by atoms with E-state index in [0.717, 1.165) is 31.9 Å². The molecule has 3 heterocycles. The van der Waals surface area contributed by atoms with Crippen molar-refractivity contribution in [3.63, 3.8) is 0 Å². The first kappa shape index (κ1) is 15.2. The highest BCUT2D eigenvalue weighted by atomic mass is 32.1. The van der Waals surface area contributed by atoms with Crippen molar-refractivity contribution in [2.24, 2.45) is 7.05 Å². The molecule has 1 saturated heterocycles. The minimum atomic E-state index is -0.0689. The van der Waals surface area contributed by atoms with Gasteiger partial charge in [-0.05, 0) is 25.3 Å². The van der Waals surface area contributed by atoms with Crippen LogP contribution >= 0.6 is 11.3 Å². The lowest BCUT2D eigenvalue weighted by atomic mass is 10.0. The minimum absolute atomic E-state index is 0.0689. The van der Waals surface area contributed by atoms with Gasteiger partial charge < -0.3 is 10.2 Å². The van der Waals surface area contributed by atoms with Crippen LogP contribution in [0.4, 0.5) is 5.82 Å². The molecule has 0 amide bonds. The van der Waals surface area contributed by atoms with E-state index in [1.807, 2.05) is 17.8 Å². The van der Waals surface area contributed by atoms with Gasteiger partial charge in [0, 0.05) is 49.9 Å². The SMILES string of the molecule is Cn1nc(N2CCCCC2CNCc2cncs2)ccc1=O. The molecular formula is C15H21N5OS. The lowest BCUT2D eigenvalue weighted by Crippen LogP contribution is -2.46. The van der Waals surface area contributed by atoms with E-state index in [2.05, 4.69) is 20.3 Å². The van der Waals surface area contributed by atoms with Gasteiger partial charge in [0.25, 0.3) is 5.56 Å². The van der Waals surface area contributed by atoms with Gasteiger partial charge in [-0.1, -0.05) is 0 Å². The number of aryl methyl sites for hydroxylation is 1. The predicted octanol–water partition coefficient (Wildman–Crippen LogP) is 1.39. The molecule has 0 saturated carbocycles. The first-order chi connectivity index (χ1) is 10.7. The Morgan fingerprint density at radius 1 is 1.41 bits per heavy atom. The van der Waals surface area contributed by atoms with Crippen molar-refractivity contribution >= 4 is 17.2 Å². The highest BCUT2D eigenvalue weighted by molar-refractivity contribution is 7.09. The van der Waals surface area contributed by atoms with E-state index in [1.165, 1.54) is 22.4 Å². The summed E-state index contributed by atoms with van der Waals surface area (Å²) in [7, 11) is 1.70. The molecule has 0 radical (unpaired) electrons. The molecule has 118 valence electrons. The summed E-state index contributed by atoms with van der Waals surface area (Å²) >= 11 is 1.67. The second-order valence-corrected chi connectivity index (χ2v) is 6.57. The molecule has 1 fully saturated rings. The Bertz CT molecular complexity index is 654. The highest BCUT2D eigenvalue weighted by Gasteiger charge is 2.23. The van der Waals surface area contributed by atoms with Gasteiger partial charge in [-0.2, -0.15) is 5.10 Å². The van der Waals surface area contributed by atoms with E-state index in [1.54, 1.807) is 24.5 Å². The van der Waals surface area contributed by atoms with Crippen LogP contribution in [0.15, 0.2) is 28.6 Å². The molecule has 7 heteroatoms. The maximum absolute atomic E-state index is 11.5. The molecule has 0 aliphatic carbocycles. The van der Waals surface area contributed by atoms with Crippen molar-refractivity contribution in [2.45, 2.75) is 31.8 Å². The maximum Gasteiger partial charge on any atom is 0.266 e. The third-order valence-electron chi connectivity index (χ3n) is 4.03. The summed E-state index contributed by atoms with van der Waals surface area (Å²) in [5.41, 5.74) is 1.79. The lowest BCUT2D eigenvalue weighted by Gasteiger charge is -2.36. The molecular weight excluding hydrogens is 298 g/mol. The third kappa shape index (κ3) is 3.53. The zero-order chi connectivity index (χ0) is 15.4. The largest absolute Gasteiger partial charge is 0.351 e. The first-order valence-corrected chi connectivity index (χ1v) is 8.51. The molecule has 0 spiro atoms. The fourth-order valence-corrected chi connectivity index (χ4v) is 3.41. The second kappa shape index (κ2) is 7.02. The Morgan fingerprint density at radius 3 is 3.09 bits per heavy atom. The van der Waals surface area contributed by atoms with Gasteiger partial charge in [-0.15, -0.1) is 11.3 Å². The smallest absolute Gasteiger partial charge is 0.266 e. The van der Waals surface area contributed by atoms with Crippen LogP contribution in [0, 0.1) is 0 Å². The van der Waals surface area contributed by atoms with E-state index in [0.29, 0.717) is 6.04 Å². The fraction of sp³-hybridized carbons (Fsp3) is 0.533. The lowest BCUT2D eigenvalue weighted by molar-refractivity contribution is 0.429. The molecule has 2 aromatic rings. The summed E-state index contributed by atoms with van der Waals surface area (Å²) in [6.45, 7) is 2.77. The van der Waals surface area contributed by atoms with Gasteiger partial charge >= 0.3 is 0 Å². The van der Waals surface area contributed by atoms with Gasteiger partial charge in [0.2, 0.25) is 0 Å². The van der Waals surface area contributed by atoms with Gasteiger partial charge in [0.15, 0.2) is 0 Å². The average Bonchev–Trinajstić information content (AvgIpc) is 3.04. The van der Waals surface area contributed by atoms with Crippen LogP contribution in [0.3, 0.4) is 0 Å². The Kier molecular flexibility index (Phi) is 4.84. The molecule has 0 bridgehead atoms. The van der Waals surface area contributed by atoms with Crippen LogP contribution in [0.1, 0.15) is 24.1 Å². The minimum Gasteiger partial charge on any atom is -0.351 e. The Morgan fingerprint density at radius 2 is 2.32 bits per heavy atom. The fourth-order valence-electron chi connectivity index (χ4n) is 2.85. The number of aromatic nitrogens is 3. The van der Waals surface area contributed by atoms with Crippen LogP contribution in [-0.4, -0.2) is 33.9 Å². The molecule has 1 atom stereocenters. The van der Waals surface area contributed by atoms with Gasteiger partial charge in [-0.3, -0.25) is 9.78 Å². The van der Waals surface area contributed by atoms with E-state index in [-0.39, 0.29) is 5.56 Å². The number of hydrogen-bond acceptors (Lipinski definition) is 6. The van der Waals surface area contributed by atoms with E-state index in [4.69, 9.17) is 0 Å². The van der Waals surface area contributed by atoms with Gasteiger partial charge in [-0.25, -0.2) is 4.68 Å². The van der Waals surface area contributed by atoms with Gasteiger partial charge in [0.05, 0.1) is 5.51 Å². The topological polar surface area (TPSA) is 63.1 Å². The number of anilines is 1. The number of nitrogens with zero attached hydrogens (tertiary/aromatic N) is 4. The average molecular weight is 319 g/mol. The summed E-state index contributed by atoms with van der Waals surface area (Å²) < 4.78 is 1.41. The standard InChI is InChI=1S/C15H21N5OS/c1-19-15(21)6-5-14(18-19)20-7-3-2-4-12(20)8-16-9-13-10-17-11-22-13/h5-6,10-12,16H,2-4,7-9H2,1H3. The van der Waals surface area contributed by atoms with E-state index < -0.39 is 0 Å². The van der Waals surface area contributed by atoms with Crippen molar-refractivity contribution in [3.8, 4) is 0 Å². The van der Waals surface area contributed by atoms with Crippen LogP contribution < -0.4 is 15.8 Å². The molecule has 1 N–H and O–H groups in total. The molecule has 1 aliphatic heterocycles. The van der Waals surface area contributed by atoms with Crippen LogP contribution in [-0.2, 0) is 13.6 Å². The summed E-state index contributed by atoms with van der Waals surface area (Å²) in [5.74, 6) is 0.895. The number of piperidine rings is 1. The van der Waals surface area contributed by atoms with Crippen LogP contribution in [0.25, 0.3) is 0 Å². The van der Waals surface area contributed by atoms with Crippen molar-refractivity contribution in [1.29, 1.82) is 0 Å². The molecule has 1 unspecified atom stereocenters. The zero-order valence-electron chi connectivity index (χ0n) is 12.7. The van der Waals surface area contributed by atoms with Crippen molar-refractivity contribution < 1.29 is 0 Å². The van der Waals surface area contributed by atoms with Crippen molar-refractivity contribution in [3.05, 3.63) is 39.1 Å². The number of thiazole rings is 1. The molecule has 1 aliphatic rings. The van der Waals surface area contributed by atoms with Gasteiger partial charge in [0.1, 0.15) is 5.82 Å². The molecule has 3 rings (SSSR count). The van der Waals surface area contributed by atoms with Crippen molar-refractivity contribution in [1.82, 2.24) is 20.1 Å². The second-order valence-electron chi connectivity index (χ2n) is 5.60. The van der Waals surface area contributed by atoms with E-state index in [9.17, 15) is 4.79 Å². The summed E-state index contributed by atoms with van der Waals surface area (Å²) in [6, 6.07) is 3.86. The quantitative estimate of drug-likeness (QED) is 0.902. The van der Waals surface area contributed by atoms with E-state index >= 15 is 0 Å². The maximum atomic E-state index is 11.5.